The van der Waals surface area contributed by atoms with Crippen LogP contribution in [0.15, 0.2) is 46.6 Å². The Labute approximate surface area is 221 Å². The first kappa shape index (κ1) is 26.2. The zero-order valence-electron chi connectivity index (χ0n) is 23.5. The molecule has 7 atom stereocenters. The van der Waals surface area contributed by atoms with Crippen molar-refractivity contribution in [3.05, 3.63) is 46.6 Å². The van der Waals surface area contributed by atoms with E-state index in [1.54, 1.807) is 6.92 Å². The van der Waals surface area contributed by atoms with Crippen molar-refractivity contribution in [2.75, 3.05) is 7.11 Å². The van der Waals surface area contributed by atoms with E-state index in [0.29, 0.717) is 11.5 Å². The van der Waals surface area contributed by atoms with E-state index in [4.69, 9.17) is 4.74 Å². The number of Topliss-reactive ketones (excluding diaryl/α,β-unsaturated/α-hetero) is 1. The number of hydrogen-bond donors (Lipinski definition) is 1. The first-order chi connectivity index (χ1) is 17.1. The molecule has 0 aromatic heterocycles. The van der Waals surface area contributed by atoms with Crippen molar-refractivity contribution in [1.82, 2.24) is 0 Å². The number of fused-ring (bicyclic) bond motifs is 7. The van der Waals surface area contributed by atoms with Crippen molar-refractivity contribution in [2.45, 2.75) is 92.1 Å². The second-order valence-corrected chi connectivity index (χ2v) is 13.9. The van der Waals surface area contributed by atoms with Crippen molar-refractivity contribution < 1.29 is 19.4 Å². The Hall–Kier alpha value is -2.45. The maximum absolute atomic E-state index is 13.0. The summed E-state index contributed by atoms with van der Waals surface area (Å²) in [6.07, 6.45) is 14.1. The number of allylic oxidation sites excluding steroid dienone is 5. The molecule has 0 radical (unpaired) electrons. The predicted octanol–water partition coefficient (Wildman–Crippen LogP) is 6.16. The molecule has 1 N–H and O–H groups in total. The van der Waals surface area contributed by atoms with Gasteiger partial charge in [-0.15, -0.1) is 0 Å². The van der Waals surface area contributed by atoms with Crippen LogP contribution in [0.3, 0.4) is 0 Å². The van der Waals surface area contributed by atoms with Crippen LogP contribution in [0.25, 0.3) is 0 Å². The number of ketones is 1. The molecule has 0 aliphatic heterocycles. The van der Waals surface area contributed by atoms with Crippen molar-refractivity contribution in [2.24, 2.45) is 33.0 Å². The molecule has 0 heterocycles. The SMILES string of the molecule is COC(=O)[C@]1(C)CC[C@]2(C)CC[C@]3(C)C4=CC=C5C(=C/C(=C\C#N)C(=O)C5(C)O)[C@]4(C)CC[C@@]3(C)[C@@H]2C1. The largest absolute Gasteiger partial charge is 0.469 e. The quantitative estimate of drug-likeness (QED) is 0.263. The fourth-order valence-electron chi connectivity index (χ4n) is 9.28. The first-order valence-corrected chi connectivity index (χ1v) is 13.7. The Bertz CT molecular complexity index is 1260. The summed E-state index contributed by atoms with van der Waals surface area (Å²) in [6.45, 7) is 13.2. The molecule has 5 aliphatic rings. The lowest BCUT2D eigenvalue weighted by atomic mass is 9.34. The van der Waals surface area contributed by atoms with Crippen LogP contribution in [0.4, 0.5) is 0 Å². The van der Waals surface area contributed by atoms with E-state index in [0.717, 1.165) is 50.5 Å². The lowest BCUT2D eigenvalue weighted by Crippen LogP contribution is -2.62. The Kier molecular flexibility index (Phi) is 5.51. The van der Waals surface area contributed by atoms with Gasteiger partial charge in [0.2, 0.25) is 0 Å². The molecule has 5 aliphatic carbocycles. The van der Waals surface area contributed by atoms with Gasteiger partial charge in [-0.1, -0.05) is 45.4 Å². The van der Waals surface area contributed by atoms with E-state index < -0.39 is 16.8 Å². The van der Waals surface area contributed by atoms with Crippen molar-refractivity contribution in [3.63, 3.8) is 0 Å². The monoisotopic (exact) mass is 503 g/mol. The summed E-state index contributed by atoms with van der Waals surface area (Å²) in [5.74, 6) is -0.132. The molecule has 5 nitrogen and oxygen atoms in total. The fraction of sp³-hybridized carbons (Fsp3) is 0.656. The molecule has 0 aromatic rings. The van der Waals surface area contributed by atoms with Crippen molar-refractivity contribution >= 4 is 11.8 Å². The van der Waals surface area contributed by atoms with E-state index in [-0.39, 0.29) is 33.2 Å². The lowest BCUT2D eigenvalue weighted by Gasteiger charge is -2.70. The Morgan fingerprint density at radius 3 is 2.35 bits per heavy atom. The number of hydrogen-bond acceptors (Lipinski definition) is 5. The summed E-state index contributed by atoms with van der Waals surface area (Å²) in [5, 5.41) is 20.6. The zero-order chi connectivity index (χ0) is 27.2. The van der Waals surface area contributed by atoms with Gasteiger partial charge in [-0.3, -0.25) is 9.59 Å². The standard InChI is InChI=1S/C32H41NO4/c1-27-11-12-28(2,26(35)37-7)19-24(27)31(5)16-14-29(3)22-18-20(10-17-33)25(34)32(6,36)21(22)8-9-23(29)30(31,4)15-13-27/h8-10,18,24,36H,11-16,19H2,1-7H3/b20-10+/t24-,27-,28-,29+,30-,31+,32?/m1/s1. The molecule has 0 amide bonds. The van der Waals surface area contributed by atoms with E-state index in [1.165, 1.54) is 18.8 Å². The summed E-state index contributed by atoms with van der Waals surface area (Å²) in [4.78, 5) is 25.9. The van der Waals surface area contributed by atoms with E-state index in [1.807, 2.05) is 18.2 Å². The van der Waals surface area contributed by atoms with Gasteiger partial charge in [0.1, 0.15) is 5.60 Å². The van der Waals surface area contributed by atoms with Gasteiger partial charge in [-0.05, 0) is 98.2 Å². The number of ether oxygens (including phenoxy) is 1. The normalized spacial score (nSPS) is 47.8. The molecular weight excluding hydrogens is 462 g/mol. The summed E-state index contributed by atoms with van der Waals surface area (Å²) in [5.41, 5.74) is 0.876. The van der Waals surface area contributed by atoms with Gasteiger partial charge in [0.05, 0.1) is 18.6 Å². The molecular formula is C32H41NO4. The smallest absolute Gasteiger partial charge is 0.311 e. The highest BCUT2D eigenvalue weighted by molar-refractivity contribution is 6.09. The molecule has 3 fully saturated rings. The highest BCUT2D eigenvalue weighted by Crippen LogP contribution is 2.75. The minimum absolute atomic E-state index is 0.00866. The Morgan fingerprint density at radius 2 is 1.70 bits per heavy atom. The number of nitrogens with zero attached hydrogens (tertiary/aromatic N) is 1. The van der Waals surface area contributed by atoms with Gasteiger partial charge in [0, 0.05) is 17.1 Å². The number of methoxy groups -OCH3 is 1. The summed E-state index contributed by atoms with van der Waals surface area (Å²) >= 11 is 0. The minimum atomic E-state index is -1.66. The van der Waals surface area contributed by atoms with Crippen molar-refractivity contribution in [3.8, 4) is 6.07 Å². The van der Waals surface area contributed by atoms with Crippen LogP contribution in [0, 0.1) is 44.3 Å². The summed E-state index contributed by atoms with van der Waals surface area (Å²) in [7, 11) is 1.50. The number of rotatable bonds is 1. The van der Waals surface area contributed by atoms with E-state index >= 15 is 0 Å². The third kappa shape index (κ3) is 3.18. The van der Waals surface area contributed by atoms with Crippen molar-refractivity contribution in [1.29, 1.82) is 5.26 Å². The molecule has 1 unspecified atom stereocenters. The Morgan fingerprint density at radius 1 is 1.03 bits per heavy atom. The Balaban J connectivity index is 1.65. The molecule has 3 saturated carbocycles. The van der Waals surface area contributed by atoms with E-state index in [9.17, 15) is 20.0 Å². The number of aliphatic hydroxyl groups is 1. The number of carbonyl (C=O) groups is 2. The number of carbonyl (C=O) groups excluding carboxylic acids is 2. The maximum Gasteiger partial charge on any atom is 0.311 e. The average molecular weight is 504 g/mol. The van der Waals surface area contributed by atoms with Gasteiger partial charge in [0.25, 0.3) is 0 Å². The topological polar surface area (TPSA) is 87.4 Å². The van der Waals surface area contributed by atoms with Gasteiger partial charge >= 0.3 is 5.97 Å². The molecule has 37 heavy (non-hydrogen) atoms. The molecule has 0 spiro atoms. The third-order valence-electron chi connectivity index (χ3n) is 12.0. The van der Waals surface area contributed by atoms with Crippen LogP contribution < -0.4 is 0 Å². The summed E-state index contributed by atoms with van der Waals surface area (Å²) in [6, 6.07) is 1.99. The summed E-state index contributed by atoms with van der Waals surface area (Å²) < 4.78 is 5.27. The highest BCUT2D eigenvalue weighted by Gasteiger charge is 2.67. The maximum atomic E-state index is 13.0. The van der Waals surface area contributed by atoms with Gasteiger partial charge in [0.15, 0.2) is 5.78 Å². The minimum Gasteiger partial charge on any atom is -0.469 e. The molecule has 0 aromatic carbocycles. The fourth-order valence-corrected chi connectivity index (χ4v) is 9.28. The van der Waals surface area contributed by atoms with Gasteiger partial charge in [-0.2, -0.15) is 5.26 Å². The molecule has 198 valence electrons. The van der Waals surface area contributed by atoms with Crippen LogP contribution in [-0.4, -0.2) is 29.6 Å². The number of nitriles is 1. The van der Waals surface area contributed by atoms with Crippen LogP contribution in [0.2, 0.25) is 0 Å². The van der Waals surface area contributed by atoms with E-state index in [2.05, 4.69) is 40.7 Å². The lowest BCUT2D eigenvalue weighted by molar-refractivity contribution is -0.180. The third-order valence-corrected chi connectivity index (χ3v) is 12.0. The average Bonchev–Trinajstić information content (AvgIpc) is 2.85. The predicted molar refractivity (Wildman–Crippen MR) is 142 cm³/mol. The second kappa shape index (κ2) is 7.79. The molecule has 5 rings (SSSR count). The highest BCUT2D eigenvalue weighted by atomic mass is 16.5. The molecule has 0 bridgehead atoms. The van der Waals surface area contributed by atoms with Crippen LogP contribution in [0.5, 0.6) is 0 Å². The van der Waals surface area contributed by atoms with Gasteiger partial charge in [-0.25, -0.2) is 0 Å². The second-order valence-electron chi connectivity index (χ2n) is 13.9. The molecule has 5 heteroatoms. The van der Waals surface area contributed by atoms with Gasteiger partial charge < -0.3 is 9.84 Å². The first-order valence-electron chi connectivity index (χ1n) is 13.7. The number of esters is 1. The van der Waals surface area contributed by atoms with Crippen LogP contribution in [-0.2, 0) is 14.3 Å². The van der Waals surface area contributed by atoms with Crippen LogP contribution >= 0.6 is 0 Å². The van der Waals surface area contributed by atoms with Crippen LogP contribution in [0.1, 0.15) is 86.5 Å². The zero-order valence-corrected chi connectivity index (χ0v) is 23.5. The molecule has 0 saturated heterocycles.